The molecule has 3 rings (SSSR count). The van der Waals surface area contributed by atoms with Crippen molar-refractivity contribution < 1.29 is 19.4 Å². The highest BCUT2D eigenvalue weighted by atomic mass is 35.5. The molecule has 3 aromatic carbocycles. The monoisotopic (exact) mass is 467 g/mol. The highest BCUT2D eigenvalue weighted by Gasteiger charge is 2.18. The molecule has 2 amide bonds. The van der Waals surface area contributed by atoms with Gasteiger partial charge in [0.1, 0.15) is 0 Å². The van der Waals surface area contributed by atoms with Crippen molar-refractivity contribution in [3.05, 3.63) is 109 Å². The highest BCUT2D eigenvalue weighted by Crippen LogP contribution is 2.23. The van der Waals surface area contributed by atoms with Gasteiger partial charge < -0.3 is 5.32 Å². The standard InChI is InChI=1S/C21H14ClN5O6/c22-15-8-5-13(6-9-15)20(28)24-18-4-2-1-3-17(18)21(29)25-23-12-14-7-10-16(26(30)31)11-19(14)27(32)33/h1-12H,(H,24,28)(H,25,29)/b23-12-. The van der Waals surface area contributed by atoms with Crippen LogP contribution in [0.1, 0.15) is 26.3 Å². The second kappa shape index (κ2) is 10.1. The lowest BCUT2D eigenvalue weighted by atomic mass is 10.1. The number of carbonyl (C=O) groups excluding carboxylic acids is 2. The summed E-state index contributed by atoms with van der Waals surface area (Å²) >= 11 is 5.82. The van der Waals surface area contributed by atoms with Crippen LogP contribution in [0.15, 0.2) is 71.8 Å². The lowest BCUT2D eigenvalue weighted by Gasteiger charge is -2.10. The van der Waals surface area contributed by atoms with Crippen LogP contribution in [0.2, 0.25) is 5.02 Å². The van der Waals surface area contributed by atoms with Gasteiger partial charge in [0.15, 0.2) is 0 Å². The van der Waals surface area contributed by atoms with Gasteiger partial charge in [0.05, 0.1) is 38.9 Å². The van der Waals surface area contributed by atoms with Gasteiger partial charge in [0.25, 0.3) is 23.2 Å². The third-order valence-corrected chi connectivity index (χ3v) is 4.57. The number of anilines is 1. The van der Waals surface area contributed by atoms with Gasteiger partial charge in [0, 0.05) is 16.7 Å². The zero-order chi connectivity index (χ0) is 24.0. The molecule has 0 heterocycles. The number of para-hydroxylation sites is 1. The van der Waals surface area contributed by atoms with Crippen molar-refractivity contribution in [3.8, 4) is 0 Å². The van der Waals surface area contributed by atoms with E-state index in [9.17, 15) is 29.8 Å². The van der Waals surface area contributed by atoms with E-state index < -0.39 is 33.0 Å². The largest absolute Gasteiger partial charge is 0.321 e. The van der Waals surface area contributed by atoms with Crippen LogP contribution < -0.4 is 10.7 Å². The molecule has 3 aromatic rings. The quantitative estimate of drug-likeness (QED) is 0.301. The van der Waals surface area contributed by atoms with Gasteiger partial charge in [-0.3, -0.25) is 29.8 Å². The van der Waals surface area contributed by atoms with Crippen molar-refractivity contribution in [1.82, 2.24) is 5.43 Å². The van der Waals surface area contributed by atoms with E-state index in [-0.39, 0.29) is 16.8 Å². The fraction of sp³-hybridized carbons (Fsp3) is 0. The summed E-state index contributed by atoms with van der Waals surface area (Å²) in [7, 11) is 0. The number of carbonyl (C=O) groups is 2. The molecule has 0 atom stereocenters. The number of amides is 2. The van der Waals surface area contributed by atoms with E-state index >= 15 is 0 Å². The van der Waals surface area contributed by atoms with Gasteiger partial charge in [0.2, 0.25) is 0 Å². The Morgan fingerprint density at radius 2 is 1.61 bits per heavy atom. The van der Waals surface area contributed by atoms with Crippen LogP contribution in [0.25, 0.3) is 0 Å². The molecule has 0 aromatic heterocycles. The van der Waals surface area contributed by atoms with Crippen molar-refractivity contribution in [3.63, 3.8) is 0 Å². The maximum absolute atomic E-state index is 12.6. The Labute approximate surface area is 191 Å². The molecule has 0 radical (unpaired) electrons. The van der Waals surface area contributed by atoms with Gasteiger partial charge >= 0.3 is 0 Å². The first-order valence-electron chi connectivity index (χ1n) is 9.18. The van der Waals surface area contributed by atoms with Crippen molar-refractivity contribution in [2.24, 2.45) is 5.10 Å². The van der Waals surface area contributed by atoms with E-state index in [1.807, 2.05) is 0 Å². The van der Waals surface area contributed by atoms with Crippen molar-refractivity contribution in [2.45, 2.75) is 0 Å². The van der Waals surface area contributed by atoms with Crippen LogP contribution in [0, 0.1) is 20.2 Å². The SMILES string of the molecule is O=C(Nc1ccccc1C(=O)N/N=C\c1ccc([N+](=O)[O-])cc1[N+](=O)[O-])c1ccc(Cl)cc1. The second-order valence-electron chi connectivity index (χ2n) is 6.46. The Morgan fingerprint density at radius 3 is 2.27 bits per heavy atom. The smallest absolute Gasteiger partial charge is 0.285 e. The van der Waals surface area contributed by atoms with Crippen LogP contribution in [0.5, 0.6) is 0 Å². The number of benzene rings is 3. The second-order valence-corrected chi connectivity index (χ2v) is 6.90. The van der Waals surface area contributed by atoms with Crippen LogP contribution >= 0.6 is 11.6 Å². The first-order chi connectivity index (χ1) is 15.8. The van der Waals surface area contributed by atoms with Gasteiger partial charge in [-0.05, 0) is 42.5 Å². The molecule has 0 unspecified atom stereocenters. The number of non-ortho nitro benzene ring substituents is 1. The third kappa shape index (κ3) is 5.74. The summed E-state index contributed by atoms with van der Waals surface area (Å²) in [6.07, 6.45) is 0.995. The van der Waals surface area contributed by atoms with Gasteiger partial charge in [-0.25, -0.2) is 5.43 Å². The van der Waals surface area contributed by atoms with E-state index in [4.69, 9.17) is 11.6 Å². The van der Waals surface area contributed by atoms with Crippen LogP contribution in [0.3, 0.4) is 0 Å². The molecular weight excluding hydrogens is 454 g/mol. The summed E-state index contributed by atoms with van der Waals surface area (Å²) in [6.45, 7) is 0. The van der Waals surface area contributed by atoms with Gasteiger partial charge in [-0.1, -0.05) is 23.7 Å². The Kier molecular flexibility index (Phi) is 7.06. The number of nitrogens with one attached hydrogen (secondary N) is 2. The summed E-state index contributed by atoms with van der Waals surface area (Å²) in [5.74, 6) is -1.15. The molecule has 0 aliphatic heterocycles. The molecule has 0 saturated heterocycles. The van der Waals surface area contributed by atoms with Crippen LogP contribution in [0.4, 0.5) is 17.1 Å². The Bertz CT molecular complexity index is 1280. The number of hydrogen-bond acceptors (Lipinski definition) is 7. The summed E-state index contributed by atoms with van der Waals surface area (Å²) in [5.41, 5.74) is 1.82. The van der Waals surface area contributed by atoms with E-state index in [0.29, 0.717) is 10.6 Å². The zero-order valence-electron chi connectivity index (χ0n) is 16.6. The zero-order valence-corrected chi connectivity index (χ0v) is 17.4. The molecule has 0 spiro atoms. The topological polar surface area (TPSA) is 157 Å². The Morgan fingerprint density at radius 1 is 0.909 bits per heavy atom. The minimum atomic E-state index is -0.794. The Hall–Kier alpha value is -4.64. The summed E-state index contributed by atoms with van der Waals surface area (Å²) in [4.78, 5) is 45.5. The molecule has 0 aliphatic rings. The molecule has 0 bridgehead atoms. The molecule has 11 nitrogen and oxygen atoms in total. The average Bonchev–Trinajstić information content (AvgIpc) is 2.79. The fourth-order valence-corrected chi connectivity index (χ4v) is 2.85. The molecule has 33 heavy (non-hydrogen) atoms. The van der Waals surface area contributed by atoms with E-state index in [1.54, 1.807) is 24.3 Å². The first-order valence-corrected chi connectivity index (χ1v) is 9.56. The lowest BCUT2D eigenvalue weighted by Crippen LogP contribution is -2.21. The highest BCUT2D eigenvalue weighted by molar-refractivity contribution is 6.30. The summed E-state index contributed by atoms with van der Waals surface area (Å²) < 4.78 is 0. The first kappa shape index (κ1) is 23.0. The minimum absolute atomic E-state index is 0.0461. The normalized spacial score (nSPS) is 10.6. The lowest BCUT2D eigenvalue weighted by molar-refractivity contribution is -0.394. The molecule has 2 N–H and O–H groups in total. The van der Waals surface area contributed by atoms with Gasteiger partial charge in [-0.2, -0.15) is 5.10 Å². The number of halogens is 1. The predicted octanol–water partition coefficient (Wildman–Crippen LogP) is 4.17. The van der Waals surface area contributed by atoms with E-state index in [1.165, 1.54) is 24.3 Å². The molecular formula is C21H14ClN5O6. The van der Waals surface area contributed by atoms with Gasteiger partial charge in [-0.15, -0.1) is 0 Å². The number of rotatable bonds is 7. The summed E-state index contributed by atoms with van der Waals surface area (Å²) in [5, 5.41) is 28.8. The van der Waals surface area contributed by atoms with Crippen molar-refractivity contribution in [1.29, 1.82) is 0 Å². The predicted molar refractivity (Wildman–Crippen MR) is 121 cm³/mol. The molecule has 166 valence electrons. The fourth-order valence-electron chi connectivity index (χ4n) is 2.72. The number of hydrazone groups is 1. The number of hydrogen-bond donors (Lipinski definition) is 2. The number of nitrogens with zero attached hydrogens (tertiary/aromatic N) is 3. The number of nitro benzene ring substituents is 2. The maximum atomic E-state index is 12.6. The minimum Gasteiger partial charge on any atom is -0.321 e. The molecule has 0 fully saturated rings. The average molecular weight is 468 g/mol. The molecule has 12 heteroatoms. The molecule has 0 aliphatic carbocycles. The molecule has 0 saturated carbocycles. The van der Waals surface area contributed by atoms with E-state index in [0.717, 1.165) is 24.4 Å². The van der Waals surface area contributed by atoms with Crippen molar-refractivity contribution >= 4 is 46.7 Å². The third-order valence-electron chi connectivity index (χ3n) is 4.32. The van der Waals surface area contributed by atoms with Crippen molar-refractivity contribution in [2.75, 3.05) is 5.32 Å². The number of nitro groups is 2. The van der Waals surface area contributed by atoms with Crippen LogP contribution in [-0.4, -0.2) is 27.9 Å². The summed E-state index contributed by atoms with van der Waals surface area (Å²) in [6, 6.07) is 15.4. The van der Waals surface area contributed by atoms with Crippen LogP contribution in [-0.2, 0) is 0 Å². The van der Waals surface area contributed by atoms with E-state index in [2.05, 4.69) is 15.8 Å². The Balaban J connectivity index is 1.76. The maximum Gasteiger partial charge on any atom is 0.285 e.